The molecule has 0 spiro atoms. The summed E-state index contributed by atoms with van der Waals surface area (Å²) in [6.45, 7) is 0.912. The van der Waals surface area contributed by atoms with Gasteiger partial charge in [-0.15, -0.1) is 0 Å². The number of pyridine rings is 1. The third-order valence-corrected chi connectivity index (χ3v) is 4.81. The molecule has 0 saturated carbocycles. The molecule has 32 heavy (non-hydrogen) atoms. The third kappa shape index (κ3) is 4.57. The number of imidazole rings is 1. The number of aromatic nitrogens is 5. The first kappa shape index (κ1) is 21.0. The van der Waals surface area contributed by atoms with Gasteiger partial charge in [-0.05, 0) is 12.1 Å². The van der Waals surface area contributed by atoms with E-state index in [1.165, 1.54) is 12.1 Å². The predicted molar refractivity (Wildman–Crippen MR) is 122 cm³/mol. The molecular formula is C20H18ClN9O2. The van der Waals surface area contributed by atoms with Crippen molar-refractivity contribution in [2.24, 2.45) is 0 Å². The molecule has 0 aliphatic heterocycles. The van der Waals surface area contributed by atoms with Gasteiger partial charge in [-0.2, -0.15) is 0 Å². The normalized spacial score (nSPS) is 10.7. The molecule has 11 nitrogen and oxygen atoms in total. The van der Waals surface area contributed by atoms with Gasteiger partial charge in [0.15, 0.2) is 0 Å². The number of hydrogen-bond donors (Lipinski definition) is 4. The van der Waals surface area contributed by atoms with Crippen LogP contribution in [-0.4, -0.2) is 42.9 Å². The largest absolute Gasteiger partial charge is 0.378 e. The molecule has 3 aromatic heterocycles. The zero-order valence-corrected chi connectivity index (χ0v) is 17.4. The van der Waals surface area contributed by atoms with E-state index >= 15 is 0 Å². The molecule has 0 bridgehead atoms. The summed E-state index contributed by atoms with van der Waals surface area (Å²) in [5.41, 5.74) is 7.50. The summed E-state index contributed by atoms with van der Waals surface area (Å²) in [5.74, 6) is 1.33. The van der Waals surface area contributed by atoms with Crippen molar-refractivity contribution in [2.45, 2.75) is 0 Å². The van der Waals surface area contributed by atoms with Crippen LogP contribution < -0.4 is 16.4 Å². The summed E-state index contributed by atoms with van der Waals surface area (Å²) < 4.78 is 0. The van der Waals surface area contributed by atoms with E-state index < -0.39 is 4.92 Å². The van der Waals surface area contributed by atoms with Crippen molar-refractivity contribution in [2.75, 3.05) is 29.5 Å². The van der Waals surface area contributed by atoms with Gasteiger partial charge in [-0.1, -0.05) is 29.8 Å². The number of rotatable bonds is 8. The molecule has 0 aliphatic carbocycles. The van der Waals surface area contributed by atoms with E-state index in [-0.39, 0.29) is 11.5 Å². The fourth-order valence-electron chi connectivity index (χ4n) is 3.00. The maximum atomic E-state index is 10.8. The first-order chi connectivity index (χ1) is 15.5. The van der Waals surface area contributed by atoms with Crippen molar-refractivity contribution in [1.82, 2.24) is 24.9 Å². The first-order valence-electron chi connectivity index (χ1n) is 9.53. The van der Waals surface area contributed by atoms with Gasteiger partial charge >= 0.3 is 5.69 Å². The average Bonchev–Trinajstić information content (AvgIpc) is 3.31. The number of aromatic amines is 1. The maximum absolute atomic E-state index is 10.8. The highest BCUT2D eigenvalue weighted by atomic mass is 35.5. The minimum atomic E-state index is -0.575. The zero-order chi connectivity index (χ0) is 22.5. The van der Waals surface area contributed by atoms with Crippen LogP contribution in [0.15, 0.2) is 55.0 Å². The number of halogens is 1. The Kier molecular flexibility index (Phi) is 6.08. The topological polar surface area (TPSA) is 161 Å². The minimum absolute atomic E-state index is 0.144. The quantitative estimate of drug-likeness (QED) is 0.178. The van der Waals surface area contributed by atoms with Crippen LogP contribution in [-0.2, 0) is 0 Å². The molecule has 0 saturated heterocycles. The number of anilines is 3. The highest BCUT2D eigenvalue weighted by Gasteiger charge is 2.16. The standard InChI is InChI=1S/C20H18ClN9O2/c21-14-4-2-1-3-12(14)17-13(19-24-8-9-25-19)11-27-20(29-17)26-10-7-23-16-6-5-15(30(31)32)18(22)28-16/h1-6,8-9,11H,7,10H2,(H,24,25)(H3,22,23,28)(H,26,27,29). The Morgan fingerprint density at radius 3 is 2.59 bits per heavy atom. The lowest BCUT2D eigenvalue weighted by molar-refractivity contribution is -0.384. The monoisotopic (exact) mass is 451 g/mol. The second-order valence-electron chi connectivity index (χ2n) is 6.59. The van der Waals surface area contributed by atoms with E-state index in [2.05, 4.69) is 35.6 Å². The number of nitrogens with two attached hydrogens (primary N) is 1. The van der Waals surface area contributed by atoms with Gasteiger partial charge in [-0.25, -0.2) is 19.9 Å². The molecule has 0 aliphatic rings. The third-order valence-electron chi connectivity index (χ3n) is 4.48. The van der Waals surface area contributed by atoms with E-state index in [1.54, 1.807) is 24.7 Å². The zero-order valence-electron chi connectivity index (χ0n) is 16.6. The Balaban J connectivity index is 1.48. The number of nitrogen functional groups attached to an aromatic ring is 1. The van der Waals surface area contributed by atoms with Gasteiger partial charge in [-0.3, -0.25) is 10.1 Å². The van der Waals surface area contributed by atoms with Gasteiger partial charge in [0, 0.05) is 48.3 Å². The summed E-state index contributed by atoms with van der Waals surface area (Å²) in [7, 11) is 0. The molecule has 0 amide bonds. The molecule has 162 valence electrons. The molecule has 0 fully saturated rings. The van der Waals surface area contributed by atoms with Crippen LogP contribution in [0.2, 0.25) is 5.02 Å². The van der Waals surface area contributed by atoms with Crippen LogP contribution in [0.4, 0.5) is 23.3 Å². The molecule has 3 heterocycles. The number of H-pyrrole nitrogens is 1. The molecule has 0 atom stereocenters. The first-order valence-corrected chi connectivity index (χ1v) is 9.91. The molecule has 4 rings (SSSR count). The fraction of sp³-hybridized carbons (Fsp3) is 0.100. The van der Waals surface area contributed by atoms with Crippen LogP contribution >= 0.6 is 11.6 Å². The van der Waals surface area contributed by atoms with Gasteiger partial charge in [0.05, 0.1) is 16.2 Å². The molecule has 5 N–H and O–H groups in total. The van der Waals surface area contributed by atoms with E-state index in [0.29, 0.717) is 41.4 Å². The van der Waals surface area contributed by atoms with Crippen LogP contribution in [0.25, 0.3) is 22.6 Å². The average molecular weight is 452 g/mol. The Bertz CT molecular complexity index is 1250. The van der Waals surface area contributed by atoms with Crippen molar-refractivity contribution in [3.8, 4) is 22.6 Å². The van der Waals surface area contributed by atoms with Crippen molar-refractivity contribution in [3.05, 3.63) is 70.1 Å². The Labute approximate surface area is 187 Å². The number of nitro groups is 1. The molecule has 0 radical (unpaired) electrons. The number of nitrogens with one attached hydrogen (secondary N) is 3. The molecule has 4 aromatic rings. The smallest absolute Gasteiger partial charge is 0.311 e. The molecule has 0 unspecified atom stereocenters. The van der Waals surface area contributed by atoms with Gasteiger partial charge in [0.2, 0.25) is 11.8 Å². The summed E-state index contributed by atoms with van der Waals surface area (Å²) in [6, 6.07) is 10.2. The van der Waals surface area contributed by atoms with Crippen molar-refractivity contribution >= 4 is 34.9 Å². The molecular weight excluding hydrogens is 434 g/mol. The predicted octanol–water partition coefficient (Wildman–Crippen LogP) is 3.60. The fourth-order valence-corrected chi connectivity index (χ4v) is 3.22. The highest BCUT2D eigenvalue weighted by Crippen LogP contribution is 2.33. The lowest BCUT2D eigenvalue weighted by Crippen LogP contribution is -2.16. The number of hydrogen-bond acceptors (Lipinski definition) is 9. The SMILES string of the molecule is Nc1nc(NCCNc2ncc(-c3ncc[nH]3)c(-c3ccccc3Cl)n2)ccc1[N+](=O)[O-]. The minimum Gasteiger partial charge on any atom is -0.378 e. The summed E-state index contributed by atoms with van der Waals surface area (Å²) in [6.07, 6.45) is 5.06. The van der Waals surface area contributed by atoms with E-state index in [0.717, 1.165) is 11.1 Å². The lowest BCUT2D eigenvalue weighted by Gasteiger charge is -2.12. The van der Waals surface area contributed by atoms with Crippen molar-refractivity contribution < 1.29 is 4.92 Å². The van der Waals surface area contributed by atoms with E-state index in [9.17, 15) is 10.1 Å². The van der Waals surface area contributed by atoms with Crippen molar-refractivity contribution in [1.29, 1.82) is 0 Å². The Morgan fingerprint density at radius 2 is 1.88 bits per heavy atom. The van der Waals surface area contributed by atoms with Crippen LogP contribution in [0.1, 0.15) is 0 Å². The van der Waals surface area contributed by atoms with Crippen LogP contribution in [0, 0.1) is 10.1 Å². The van der Waals surface area contributed by atoms with E-state index in [4.69, 9.17) is 17.3 Å². The number of benzene rings is 1. The van der Waals surface area contributed by atoms with Crippen molar-refractivity contribution in [3.63, 3.8) is 0 Å². The highest BCUT2D eigenvalue weighted by molar-refractivity contribution is 6.33. The summed E-state index contributed by atoms with van der Waals surface area (Å²) in [4.78, 5) is 30.6. The van der Waals surface area contributed by atoms with Crippen LogP contribution in [0.5, 0.6) is 0 Å². The summed E-state index contributed by atoms with van der Waals surface area (Å²) in [5, 5.41) is 17.6. The summed E-state index contributed by atoms with van der Waals surface area (Å²) >= 11 is 6.40. The second kappa shape index (κ2) is 9.27. The van der Waals surface area contributed by atoms with E-state index in [1.807, 2.05) is 18.2 Å². The van der Waals surface area contributed by atoms with Gasteiger partial charge < -0.3 is 21.4 Å². The maximum Gasteiger partial charge on any atom is 0.311 e. The van der Waals surface area contributed by atoms with Gasteiger partial charge in [0.1, 0.15) is 11.6 Å². The lowest BCUT2D eigenvalue weighted by atomic mass is 10.1. The Hall–Kier alpha value is -4.25. The van der Waals surface area contributed by atoms with Crippen LogP contribution in [0.3, 0.4) is 0 Å². The number of nitrogens with zero attached hydrogens (tertiary/aromatic N) is 5. The second-order valence-corrected chi connectivity index (χ2v) is 6.99. The molecule has 12 heteroatoms. The Morgan fingerprint density at radius 1 is 1.06 bits per heavy atom. The molecule has 1 aromatic carbocycles. The van der Waals surface area contributed by atoms with Gasteiger partial charge in [0.25, 0.3) is 0 Å².